The minimum atomic E-state index is -1.10. The highest BCUT2D eigenvalue weighted by Gasteiger charge is 2.36. The SMILES string of the molecule is [C-]#[N+]c1cc(-c2nc(-c3cccc4c3CC[C@@H]4N(CCC)[S@@](=O)C(C)(C)C)no2)ccc1OC(C)C. The number of ether oxygens (including phenoxy) is 1. The lowest BCUT2D eigenvalue weighted by molar-refractivity contribution is 0.244. The van der Waals surface area contributed by atoms with Crippen LogP contribution in [0.5, 0.6) is 5.75 Å². The molecule has 8 heteroatoms. The second-order valence-electron chi connectivity index (χ2n) is 10.3. The summed E-state index contributed by atoms with van der Waals surface area (Å²) in [6, 6.07) is 11.6. The lowest BCUT2D eigenvalue weighted by atomic mass is 10.0. The molecular formula is C28H34N4O3S. The normalized spacial score (nSPS) is 16.2. The molecule has 190 valence electrons. The van der Waals surface area contributed by atoms with Crippen molar-refractivity contribution in [2.45, 2.75) is 77.7 Å². The van der Waals surface area contributed by atoms with E-state index in [9.17, 15) is 4.21 Å². The predicted octanol–water partition coefficient (Wildman–Crippen LogP) is 6.90. The van der Waals surface area contributed by atoms with Gasteiger partial charge in [0, 0.05) is 23.7 Å². The molecule has 7 nitrogen and oxygen atoms in total. The maximum Gasteiger partial charge on any atom is 0.256 e. The van der Waals surface area contributed by atoms with Crippen LogP contribution in [0.3, 0.4) is 0 Å². The van der Waals surface area contributed by atoms with Crippen LogP contribution in [0, 0.1) is 6.57 Å². The first kappa shape index (κ1) is 26.1. The average molecular weight is 507 g/mol. The van der Waals surface area contributed by atoms with Crippen molar-refractivity contribution in [3.8, 4) is 28.6 Å². The van der Waals surface area contributed by atoms with Gasteiger partial charge < -0.3 is 9.26 Å². The fraction of sp³-hybridized carbons (Fsp3) is 0.464. The Morgan fingerprint density at radius 1 is 1.28 bits per heavy atom. The third-order valence-electron chi connectivity index (χ3n) is 6.12. The summed E-state index contributed by atoms with van der Waals surface area (Å²) in [6.45, 7) is 20.4. The van der Waals surface area contributed by atoms with Gasteiger partial charge in [0.1, 0.15) is 16.7 Å². The first-order chi connectivity index (χ1) is 17.1. The highest BCUT2D eigenvalue weighted by molar-refractivity contribution is 7.84. The lowest BCUT2D eigenvalue weighted by Crippen LogP contribution is -2.39. The fourth-order valence-electron chi connectivity index (χ4n) is 4.61. The van der Waals surface area contributed by atoms with Crippen molar-refractivity contribution in [2.24, 2.45) is 0 Å². The van der Waals surface area contributed by atoms with Gasteiger partial charge in [0.05, 0.1) is 17.4 Å². The molecule has 2 atom stereocenters. The predicted molar refractivity (Wildman–Crippen MR) is 143 cm³/mol. The van der Waals surface area contributed by atoms with Gasteiger partial charge in [-0.05, 0) is 83.2 Å². The zero-order valence-corrected chi connectivity index (χ0v) is 22.7. The smallest absolute Gasteiger partial charge is 0.256 e. The maximum atomic E-state index is 13.4. The molecule has 1 aliphatic carbocycles. The van der Waals surface area contributed by atoms with Crippen LogP contribution in [0.15, 0.2) is 40.9 Å². The van der Waals surface area contributed by atoms with Crippen molar-refractivity contribution in [2.75, 3.05) is 6.54 Å². The molecule has 0 bridgehead atoms. The van der Waals surface area contributed by atoms with E-state index in [2.05, 4.69) is 32.3 Å². The fourth-order valence-corrected chi connectivity index (χ4v) is 6.11. The van der Waals surface area contributed by atoms with Gasteiger partial charge in [-0.3, -0.25) is 0 Å². The highest BCUT2D eigenvalue weighted by Crippen LogP contribution is 2.42. The monoisotopic (exact) mass is 506 g/mol. The summed E-state index contributed by atoms with van der Waals surface area (Å²) in [5, 5.41) is 4.28. The number of nitrogens with zero attached hydrogens (tertiary/aromatic N) is 4. The minimum Gasteiger partial charge on any atom is -0.502 e. The molecule has 0 fully saturated rings. The summed E-state index contributed by atoms with van der Waals surface area (Å²) < 4.78 is 26.6. The zero-order valence-electron chi connectivity index (χ0n) is 21.9. The molecular weight excluding hydrogens is 472 g/mol. The van der Waals surface area contributed by atoms with Crippen molar-refractivity contribution >= 4 is 16.7 Å². The van der Waals surface area contributed by atoms with Gasteiger partial charge in [0.2, 0.25) is 11.5 Å². The summed E-state index contributed by atoms with van der Waals surface area (Å²) in [5.74, 6) is 1.42. The molecule has 0 saturated carbocycles. The third kappa shape index (κ3) is 5.23. The van der Waals surface area contributed by atoms with Crippen LogP contribution in [0.1, 0.15) is 71.6 Å². The van der Waals surface area contributed by atoms with E-state index in [0.29, 0.717) is 28.7 Å². The van der Waals surface area contributed by atoms with Crippen molar-refractivity contribution in [3.05, 3.63) is 58.9 Å². The summed E-state index contributed by atoms with van der Waals surface area (Å²) in [4.78, 5) is 8.28. The third-order valence-corrected chi connectivity index (χ3v) is 8.03. The number of rotatable bonds is 8. The highest BCUT2D eigenvalue weighted by atomic mass is 32.2. The van der Waals surface area contributed by atoms with E-state index >= 15 is 0 Å². The number of fused-ring (bicyclic) bond motifs is 1. The first-order valence-electron chi connectivity index (χ1n) is 12.5. The summed E-state index contributed by atoms with van der Waals surface area (Å²) in [5.41, 5.74) is 4.40. The van der Waals surface area contributed by atoms with E-state index in [1.807, 2.05) is 52.8 Å². The van der Waals surface area contributed by atoms with Crippen LogP contribution >= 0.6 is 0 Å². The van der Waals surface area contributed by atoms with Crippen LogP contribution in [0.2, 0.25) is 0 Å². The Labute approximate surface area is 216 Å². The Morgan fingerprint density at radius 2 is 2.06 bits per heavy atom. The molecule has 0 N–H and O–H groups in total. The lowest BCUT2D eigenvalue weighted by Gasteiger charge is -2.33. The summed E-state index contributed by atoms with van der Waals surface area (Å²) in [6.07, 6.45) is 2.69. The molecule has 1 aliphatic rings. The summed E-state index contributed by atoms with van der Waals surface area (Å²) in [7, 11) is -1.10. The van der Waals surface area contributed by atoms with E-state index in [-0.39, 0.29) is 16.9 Å². The van der Waals surface area contributed by atoms with Gasteiger partial charge in [-0.1, -0.05) is 30.3 Å². The Kier molecular flexibility index (Phi) is 7.62. The molecule has 2 aromatic carbocycles. The van der Waals surface area contributed by atoms with Gasteiger partial charge in [-0.2, -0.15) is 4.98 Å². The number of hydrogen-bond donors (Lipinski definition) is 0. The second kappa shape index (κ2) is 10.5. The molecule has 0 radical (unpaired) electrons. The topological polar surface area (TPSA) is 72.8 Å². The molecule has 1 aromatic heterocycles. The van der Waals surface area contributed by atoms with Gasteiger partial charge in [-0.25, -0.2) is 13.4 Å². The largest absolute Gasteiger partial charge is 0.502 e. The van der Waals surface area contributed by atoms with E-state index in [1.54, 1.807) is 12.1 Å². The molecule has 3 aromatic rings. The Balaban J connectivity index is 1.66. The molecule has 1 heterocycles. The Bertz CT molecular complexity index is 1300. The maximum absolute atomic E-state index is 13.4. The average Bonchev–Trinajstić information content (AvgIpc) is 3.49. The quantitative estimate of drug-likeness (QED) is 0.311. The van der Waals surface area contributed by atoms with Gasteiger partial charge in [0.25, 0.3) is 5.89 Å². The standard InChI is InChI=1S/C28H34N4O3S/c1-8-16-32(36(33)28(4,5)6)24-14-13-20-21(24)10-9-11-22(20)26-30-27(35-31-26)19-12-15-25(34-18(2)3)23(17-19)29-7/h9-12,15,17-18,24H,8,13-14,16H2,1-6H3/t24-,36-/m0/s1. The molecule has 0 unspecified atom stereocenters. The van der Waals surface area contributed by atoms with Crippen molar-refractivity contribution < 1.29 is 13.5 Å². The van der Waals surface area contributed by atoms with Gasteiger partial charge >= 0.3 is 0 Å². The van der Waals surface area contributed by atoms with Crippen LogP contribution < -0.4 is 4.74 Å². The van der Waals surface area contributed by atoms with Crippen LogP contribution in [0.25, 0.3) is 27.7 Å². The molecule has 0 amide bonds. The number of hydrogen-bond acceptors (Lipinski definition) is 5. The molecule has 4 rings (SSSR count). The summed E-state index contributed by atoms with van der Waals surface area (Å²) >= 11 is 0. The van der Waals surface area contributed by atoms with Crippen molar-refractivity contribution in [1.29, 1.82) is 0 Å². The molecule has 0 spiro atoms. The van der Waals surface area contributed by atoms with E-state index in [1.165, 1.54) is 11.1 Å². The molecule has 0 aliphatic heterocycles. The van der Waals surface area contributed by atoms with Gasteiger partial charge in [-0.15, -0.1) is 0 Å². The van der Waals surface area contributed by atoms with Crippen LogP contribution in [-0.2, 0) is 17.4 Å². The Hall–Kier alpha value is -3.02. The zero-order chi connectivity index (χ0) is 26.0. The van der Waals surface area contributed by atoms with E-state index in [4.69, 9.17) is 15.8 Å². The minimum absolute atomic E-state index is 0.0237. The Morgan fingerprint density at radius 3 is 2.72 bits per heavy atom. The molecule has 0 saturated heterocycles. The number of aromatic nitrogens is 2. The van der Waals surface area contributed by atoms with Crippen molar-refractivity contribution in [3.63, 3.8) is 0 Å². The van der Waals surface area contributed by atoms with Crippen LogP contribution in [0.4, 0.5) is 5.69 Å². The molecule has 36 heavy (non-hydrogen) atoms. The van der Waals surface area contributed by atoms with Crippen LogP contribution in [-0.4, -0.2) is 36.1 Å². The second-order valence-corrected chi connectivity index (χ2v) is 12.5. The van der Waals surface area contributed by atoms with Gasteiger partial charge in [0.15, 0.2) is 0 Å². The van der Waals surface area contributed by atoms with E-state index in [0.717, 1.165) is 31.4 Å². The first-order valence-corrected chi connectivity index (χ1v) is 13.6. The van der Waals surface area contributed by atoms with E-state index < -0.39 is 11.0 Å². The van der Waals surface area contributed by atoms with Crippen molar-refractivity contribution in [1.82, 2.24) is 14.4 Å². The number of benzene rings is 2.